The zero-order valence-electron chi connectivity index (χ0n) is 14.2. The zero-order chi connectivity index (χ0) is 16.2. The topological polar surface area (TPSA) is 58.4 Å². The van der Waals surface area contributed by atoms with E-state index in [0.29, 0.717) is 0 Å². The van der Waals surface area contributed by atoms with Crippen LogP contribution in [0, 0.1) is 6.92 Å². The predicted molar refractivity (Wildman–Crippen MR) is 89.4 cm³/mol. The van der Waals surface area contributed by atoms with Crippen molar-refractivity contribution in [2.45, 2.75) is 59.7 Å². The monoisotopic (exact) mass is 291 g/mol. The first kappa shape index (κ1) is 17.5. The molecular weight excluding hydrogens is 262 g/mol. The van der Waals surface area contributed by atoms with Gasteiger partial charge in [-0.1, -0.05) is 6.07 Å². The number of aryl methyl sites for hydroxylation is 1. The van der Waals surface area contributed by atoms with E-state index in [2.05, 4.69) is 65.1 Å². The van der Waals surface area contributed by atoms with E-state index in [1.807, 2.05) is 4.90 Å². The number of primary amides is 1. The van der Waals surface area contributed by atoms with Gasteiger partial charge in [0.2, 0.25) is 5.91 Å². The number of rotatable bonds is 6. The van der Waals surface area contributed by atoms with Gasteiger partial charge in [0.05, 0.1) is 6.54 Å². The molecule has 0 unspecified atom stereocenters. The van der Waals surface area contributed by atoms with Crippen LogP contribution in [0.5, 0.6) is 0 Å². The molecule has 1 aromatic carbocycles. The Bertz CT molecular complexity index is 489. The van der Waals surface area contributed by atoms with E-state index in [4.69, 9.17) is 5.73 Å². The van der Waals surface area contributed by atoms with Gasteiger partial charge in [0.15, 0.2) is 0 Å². The lowest BCUT2D eigenvalue weighted by molar-refractivity contribution is -0.116. The quantitative estimate of drug-likeness (QED) is 0.847. The molecule has 0 aromatic heterocycles. The number of carbonyl (C=O) groups is 1. The number of nitrogens with zero attached hydrogens (tertiary/aromatic N) is 1. The second kappa shape index (κ2) is 6.94. The summed E-state index contributed by atoms with van der Waals surface area (Å²) in [6.45, 7) is 13.8. The summed E-state index contributed by atoms with van der Waals surface area (Å²) in [5.41, 5.74) is 8.98. The van der Waals surface area contributed by atoms with Gasteiger partial charge in [-0.05, 0) is 64.8 Å². The lowest BCUT2D eigenvalue weighted by Crippen LogP contribution is -2.38. The summed E-state index contributed by atoms with van der Waals surface area (Å²) >= 11 is 0. The maximum absolute atomic E-state index is 11.2. The molecule has 21 heavy (non-hydrogen) atoms. The molecule has 4 nitrogen and oxygen atoms in total. The van der Waals surface area contributed by atoms with Crippen molar-refractivity contribution in [1.82, 2.24) is 5.32 Å². The van der Waals surface area contributed by atoms with Gasteiger partial charge in [0.25, 0.3) is 0 Å². The van der Waals surface area contributed by atoms with Gasteiger partial charge in [-0.15, -0.1) is 0 Å². The van der Waals surface area contributed by atoms with E-state index in [9.17, 15) is 4.79 Å². The molecule has 1 rings (SSSR count). The van der Waals surface area contributed by atoms with E-state index in [1.165, 1.54) is 11.1 Å². The predicted octanol–water partition coefficient (Wildman–Crippen LogP) is 2.58. The molecule has 0 saturated carbocycles. The Morgan fingerprint density at radius 3 is 2.38 bits per heavy atom. The number of nitrogens with two attached hydrogens (primary N) is 1. The van der Waals surface area contributed by atoms with Gasteiger partial charge in [0.1, 0.15) is 0 Å². The summed E-state index contributed by atoms with van der Waals surface area (Å²) in [5, 5.41) is 3.49. The average Bonchev–Trinajstić information content (AvgIpc) is 2.32. The molecule has 1 amide bonds. The Kier molecular flexibility index (Phi) is 5.78. The van der Waals surface area contributed by atoms with Crippen LogP contribution in [0.1, 0.15) is 45.7 Å². The number of amides is 1. The highest BCUT2D eigenvalue weighted by molar-refractivity contribution is 5.79. The largest absolute Gasteiger partial charge is 0.368 e. The van der Waals surface area contributed by atoms with Crippen molar-refractivity contribution in [1.29, 1.82) is 0 Å². The van der Waals surface area contributed by atoms with Crippen molar-refractivity contribution in [2.75, 3.05) is 11.4 Å². The van der Waals surface area contributed by atoms with E-state index in [0.717, 1.165) is 12.2 Å². The molecular formula is C17H29N3O. The van der Waals surface area contributed by atoms with Crippen molar-refractivity contribution in [2.24, 2.45) is 5.73 Å². The first-order chi connectivity index (χ1) is 9.60. The van der Waals surface area contributed by atoms with Crippen LogP contribution in [0.3, 0.4) is 0 Å². The minimum atomic E-state index is -0.306. The minimum Gasteiger partial charge on any atom is -0.368 e. The first-order valence-corrected chi connectivity index (χ1v) is 7.49. The molecule has 118 valence electrons. The van der Waals surface area contributed by atoms with E-state index in [1.54, 1.807) is 0 Å². The summed E-state index contributed by atoms with van der Waals surface area (Å²) in [6.07, 6.45) is 0. The third kappa shape index (κ3) is 5.76. The Hall–Kier alpha value is -1.55. The van der Waals surface area contributed by atoms with Crippen LogP contribution in [-0.4, -0.2) is 24.0 Å². The van der Waals surface area contributed by atoms with Gasteiger partial charge in [-0.25, -0.2) is 0 Å². The maximum atomic E-state index is 11.2. The molecule has 0 aliphatic heterocycles. The zero-order valence-corrected chi connectivity index (χ0v) is 14.2. The van der Waals surface area contributed by atoms with Crippen molar-refractivity contribution in [3.8, 4) is 0 Å². The molecule has 0 atom stereocenters. The van der Waals surface area contributed by atoms with Crippen LogP contribution in [-0.2, 0) is 11.3 Å². The standard InChI is InChI=1S/C17H29N3O/c1-12(2)20(11-16(18)21)15-8-7-14(13(3)9-15)10-19-17(4,5)6/h7-9,12,19H,10-11H2,1-6H3,(H2,18,21). The van der Waals surface area contributed by atoms with Crippen LogP contribution in [0.2, 0.25) is 0 Å². The third-order valence-electron chi connectivity index (χ3n) is 3.42. The minimum absolute atomic E-state index is 0.0983. The average molecular weight is 291 g/mol. The summed E-state index contributed by atoms with van der Waals surface area (Å²) in [5.74, 6) is -0.306. The second-order valence-electron chi connectivity index (χ2n) is 6.90. The van der Waals surface area contributed by atoms with Crippen molar-refractivity contribution >= 4 is 11.6 Å². The van der Waals surface area contributed by atoms with Crippen LogP contribution in [0.15, 0.2) is 18.2 Å². The molecule has 0 aliphatic rings. The molecule has 1 aromatic rings. The Morgan fingerprint density at radius 1 is 1.33 bits per heavy atom. The molecule has 4 heteroatoms. The van der Waals surface area contributed by atoms with Crippen LogP contribution in [0.4, 0.5) is 5.69 Å². The molecule has 0 radical (unpaired) electrons. The fraction of sp³-hybridized carbons (Fsp3) is 0.588. The molecule has 0 spiro atoms. The lowest BCUT2D eigenvalue weighted by atomic mass is 10.0. The second-order valence-corrected chi connectivity index (χ2v) is 6.90. The van der Waals surface area contributed by atoms with Gasteiger partial charge < -0.3 is 16.0 Å². The number of nitrogens with one attached hydrogen (secondary N) is 1. The molecule has 0 fully saturated rings. The maximum Gasteiger partial charge on any atom is 0.236 e. The third-order valence-corrected chi connectivity index (χ3v) is 3.42. The van der Waals surface area contributed by atoms with Gasteiger partial charge in [0, 0.05) is 23.8 Å². The van der Waals surface area contributed by atoms with Crippen molar-refractivity contribution < 1.29 is 4.79 Å². The number of carbonyl (C=O) groups excluding carboxylic acids is 1. The molecule has 0 heterocycles. The van der Waals surface area contributed by atoms with Gasteiger partial charge in [-0.3, -0.25) is 4.79 Å². The fourth-order valence-electron chi connectivity index (χ4n) is 2.16. The van der Waals surface area contributed by atoms with Crippen molar-refractivity contribution in [3.05, 3.63) is 29.3 Å². The fourth-order valence-corrected chi connectivity index (χ4v) is 2.16. The molecule has 0 saturated heterocycles. The van der Waals surface area contributed by atoms with E-state index < -0.39 is 0 Å². The lowest BCUT2D eigenvalue weighted by Gasteiger charge is -2.28. The summed E-state index contributed by atoms with van der Waals surface area (Å²) in [6, 6.07) is 6.55. The summed E-state index contributed by atoms with van der Waals surface area (Å²) in [7, 11) is 0. The highest BCUT2D eigenvalue weighted by Gasteiger charge is 2.15. The molecule has 0 aliphatic carbocycles. The number of hydrogen-bond acceptors (Lipinski definition) is 3. The summed E-state index contributed by atoms with van der Waals surface area (Å²) < 4.78 is 0. The molecule has 3 N–H and O–H groups in total. The number of benzene rings is 1. The molecule has 0 bridgehead atoms. The van der Waals surface area contributed by atoms with E-state index in [-0.39, 0.29) is 24.0 Å². The number of hydrogen-bond donors (Lipinski definition) is 2. The van der Waals surface area contributed by atoms with Crippen molar-refractivity contribution in [3.63, 3.8) is 0 Å². The number of anilines is 1. The SMILES string of the molecule is Cc1cc(N(CC(N)=O)C(C)C)ccc1CNC(C)(C)C. The highest BCUT2D eigenvalue weighted by atomic mass is 16.1. The van der Waals surface area contributed by atoms with Gasteiger partial charge >= 0.3 is 0 Å². The first-order valence-electron chi connectivity index (χ1n) is 7.49. The van der Waals surface area contributed by atoms with E-state index >= 15 is 0 Å². The van der Waals surface area contributed by atoms with Crippen LogP contribution >= 0.6 is 0 Å². The van der Waals surface area contributed by atoms with Gasteiger partial charge in [-0.2, -0.15) is 0 Å². The summed E-state index contributed by atoms with van der Waals surface area (Å²) in [4.78, 5) is 13.2. The smallest absolute Gasteiger partial charge is 0.236 e. The Balaban J connectivity index is 2.92. The Morgan fingerprint density at radius 2 is 1.95 bits per heavy atom. The van der Waals surface area contributed by atoms with Crippen LogP contribution in [0.25, 0.3) is 0 Å². The highest BCUT2D eigenvalue weighted by Crippen LogP contribution is 2.21. The van der Waals surface area contributed by atoms with Crippen LogP contribution < -0.4 is 16.0 Å². The normalized spacial score (nSPS) is 11.8. The Labute approximate surface area is 128 Å².